The van der Waals surface area contributed by atoms with Gasteiger partial charge in [0.2, 0.25) is 11.8 Å². The van der Waals surface area contributed by atoms with Crippen molar-refractivity contribution in [3.63, 3.8) is 0 Å². The van der Waals surface area contributed by atoms with Crippen LogP contribution in [0.2, 0.25) is 0 Å². The minimum Gasteiger partial charge on any atom is -0.352 e. The molecule has 0 aromatic heterocycles. The van der Waals surface area contributed by atoms with Crippen LogP contribution < -0.4 is 9.62 Å². The molecule has 0 unspecified atom stereocenters. The number of benzene rings is 3. The zero-order chi connectivity index (χ0) is 27.9. The Morgan fingerprint density at radius 1 is 0.842 bits per heavy atom. The highest BCUT2D eigenvalue weighted by Gasteiger charge is 2.33. The normalized spacial score (nSPS) is 12.9. The number of aryl methyl sites for hydroxylation is 2. The Hall–Kier alpha value is -3.65. The van der Waals surface area contributed by atoms with E-state index in [0.717, 1.165) is 21.9 Å². The Morgan fingerprint density at radius 2 is 1.42 bits per heavy atom. The summed E-state index contributed by atoms with van der Waals surface area (Å²) in [5.41, 5.74) is 3.00. The van der Waals surface area contributed by atoms with Crippen molar-refractivity contribution in [2.75, 3.05) is 10.8 Å². The molecular formula is C30H37N3O4S. The number of rotatable bonds is 11. The van der Waals surface area contributed by atoms with E-state index < -0.39 is 28.5 Å². The fourth-order valence-electron chi connectivity index (χ4n) is 4.10. The fourth-order valence-corrected chi connectivity index (χ4v) is 5.60. The molecule has 1 N–H and O–H groups in total. The standard InChI is InChI=1S/C30H37N3O4S/c1-6-24(4)31-30(35)25(5)32(20-26-16-12-10-14-22(26)2)29(34)21-33(28-19-13-11-15-23(28)3)38(36,37)27-17-8-7-9-18-27/h7-19,24-25H,6,20-21H2,1-5H3,(H,31,35)/t24-,25-/m0/s1. The number of nitrogens with one attached hydrogen (secondary N) is 1. The first-order chi connectivity index (χ1) is 18.1. The number of para-hydroxylation sites is 1. The molecule has 3 aromatic carbocycles. The van der Waals surface area contributed by atoms with Gasteiger partial charge in [-0.2, -0.15) is 0 Å². The summed E-state index contributed by atoms with van der Waals surface area (Å²) in [7, 11) is -4.07. The summed E-state index contributed by atoms with van der Waals surface area (Å²) in [4.78, 5) is 28.6. The van der Waals surface area contributed by atoms with E-state index in [9.17, 15) is 18.0 Å². The lowest BCUT2D eigenvalue weighted by Crippen LogP contribution is -2.52. The van der Waals surface area contributed by atoms with Crippen LogP contribution in [0.4, 0.5) is 5.69 Å². The molecular weight excluding hydrogens is 498 g/mol. The highest BCUT2D eigenvalue weighted by Crippen LogP contribution is 2.27. The highest BCUT2D eigenvalue weighted by molar-refractivity contribution is 7.92. The highest BCUT2D eigenvalue weighted by atomic mass is 32.2. The van der Waals surface area contributed by atoms with E-state index >= 15 is 0 Å². The van der Waals surface area contributed by atoms with Gasteiger partial charge in [-0.15, -0.1) is 0 Å². The first-order valence-corrected chi connectivity index (χ1v) is 14.3. The van der Waals surface area contributed by atoms with Gasteiger partial charge in [-0.05, 0) is 69.0 Å². The van der Waals surface area contributed by atoms with Crippen molar-refractivity contribution < 1.29 is 18.0 Å². The Bertz CT molecular complexity index is 1360. The van der Waals surface area contributed by atoms with Gasteiger partial charge in [-0.1, -0.05) is 67.6 Å². The fraction of sp³-hybridized carbons (Fsp3) is 0.333. The average Bonchev–Trinajstić information content (AvgIpc) is 2.91. The topological polar surface area (TPSA) is 86.8 Å². The maximum Gasteiger partial charge on any atom is 0.264 e. The maximum atomic E-state index is 14.0. The van der Waals surface area contributed by atoms with Crippen molar-refractivity contribution in [1.29, 1.82) is 0 Å². The predicted octanol–water partition coefficient (Wildman–Crippen LogP) is 4.83. The van der Waals surface area contributed by atoms with E-state index in [0.29, 0.717) is 11.3 Å². The zero-order valence-corrected chi connectivity index (χ0v) is 23.5. The lowest BCUT2D eigenvalue weighted by molar-refractivity contribution is -0.139. The van der Waals surface area contributed by atoms with Crippen LogP contribution in [0.1, 0.15) is 43.9 Å². The molecule has 0 fully saturated rings. The second-order valence-electron chi connectivity index (χ2n) is 9.55. The van der Waals surface area contributed by atoms with Gasteiger partial charge in [0, 0.05) is 12.6 Å². The monoisotopic (exact) mass is 535 g/mol. The molecule has 0 radical (unpaired) electrons. The Labute approximate surface area is 226 Å². The van der Waals surface area contributed by atoms with Crippen LogP contribution in [0.5, 0.6) is 0 Å². The van der Waals surface area contributed by atoms with Crippen molar-refractivity contribution in [2.24, 2.45) is 0 Å². The van der Waals surface area contributed by atoms with Crippen LogP contribution in [0.25, 0.3) is 0 Å². The molecule has 0 saturated heterocycles. The molecule has 2 amide bonds. The number of carbonyl (C=O) groups is 2. The molecule has 38 heavy (non-hydrogen) atoms. The van der Waals surface area contributed by atoms with Crippen LogP contribution >= 0.6 is 0 Å². The lowest BCUT2D eigenvalue weighted by Gasteiger charge is -2.33. The summed E-state index contributed by atoms with van der Waals surface area (Å²) >= 11 is 0. The number of anilines is 1. The smallest absolute Gasteiger partial charge is 0.264 e. The van der Waals surface area contributed by atoms with Crippen LogP contribution in [0.3, 0.4) is 0 Å². The molecule has 0 aliphatic rings. The Morgan fingerprint density at radius 3 is 2.03 bits per heavy atom. The third kappa shape index (κ3) is 6.81. The number of hydrogen-bond donors (Lipinski definition) is 1. The van der Waals surface area contributed by atoms with Gasteiger partial charge in [-0.25, -0.2) is 8.42 Å². The largest absolute Gasteiger partial charge is 0.352 e. The Balaban J connectivity index is 2.04. The number of sulfonamides is 1. The van der Waals surface area contributed by atoms with Crippen molar-refractivity contribution in [3.05, 3.63) is 95.6 Å². The van der Waals surface area contributed by atoms with Gasteiger partial charge in [0.05, 0.1) is 10.6 Å². The first kappa shape index (κ1) is 28.9. The van der Waals surface area contributed by atoms with E-state index in [2.05, 4.69) is 5.32 Å². The minimum absolute atomic E-state index is 0.0534. The van der Waals surface area contributed by atoms with E-state index in [1.807, 2.05) is 51.1 Å². The minimum atomic E-state index is -4.07. The second kappa shape index (κ2) is 12.7. The molecule has 0 heterocycles. The third-order valence-electron chi connectivity index (χ3n) is 6.76. The van der Waals surface area contributed by atoms with Crippen LogP contribution in [-0.4, -0.2) is 43.8 Å². The summed E-state index contributed by atoms with van der Waals surface area (Å²) in [6.45, 7) is 9.03. The summed E-state index contributed by atoms with van der Waals surface area (Å²) < 4.78 is 28.8. The lowest BCUT2D eigenvalue weighted by atomic mass is 10.1. The molecule has 0 aliphatic heterocycles. The molecule has 2 atom stereocenters. The molecule has 0 bridgehead atoms. The molecule has 7 nitrogen and oxygen atoms in total. The van der Waals surface area contributed by atoms with Gasteiger partial charge >= 0.3 is 0 Å². The van der Waals surface area contributed by atoms with E-state index in [-0.39, 0.29) is 23.4 Å². The SMILES string of the molecule is CC[C@H](C)NC(=O)[C@H](C)N(Cc1ccccc1C)C(=O)CN(c1ccccc1C)S(=O)(=O)c1ccccc1. The Kier molecular flexibility index (Phi) is 9.69. The van der Waals surface area contributed by atoms with Crippen molar-refractivity contribution in [3.8, 4) is 0 Å². The molecule has 3 aromatic rings. The number of carbonyl (C=O) groups excluding carboxylic acids is 2. The average molecular weight is 536 g/mol. The van der Waals surface area contributed by atoms with E-state index in [1.54, 1.807) is 50.2 Å². The maximum absolute atomic E-state index is 14.0. The summed E-state index contributed by atoms with van der Waals surface area (Å²) in [5, 5.41) is 2.95. The van der Waals surface area contributed by atoms with Crippen LogP contribution in [0, 0.1) is 13.8 Å². The molecule has 0 saturated carbocycles. The summed E-state index contributed by atoms with van der Waals surface area (Å²) in [6.07, 6.45) is 0.751. The third-order valence-corrected chi connectivity index (χ3v) is 8.54. The van der Waals surface area contributed by atoms with Crippen molar-refractivity contribution in [1.82, 2.24) is 10.2 Å². The van der Waals surface area contributed by atoms with Crippen molar-refractivity contribution in [2.45, 2.75) is 64.6 Å². The van der Waals surface area contributed by atoms with Crippen LogP contribution in [-0.2, 0) is 26.2 Å². The van der Waals surface area contributed by atoms with Gasteiger partial charge in [-0.3, -0.25) is 13.9 Å². The molecule has 202 valence electrons. The number of hydrogen-bond acceptors (Lipinski definition) is 4. The number of nitrogens with zero attached hydrogens (tertiary/aromatic N) is 2. The van der Waals surface area contributed by atoms with Gasteiger partial charge in [0.25, 0.3) is 10.0 Å². The predicted molar refractivity (Wildman–Crippen MR) is 151 cm³/mol. The summed E-state index contributed by atoms with van der Waals surface area (Å²) in [5.74, 6) is -0.752. The van der Waals surface area contributed by atoms with Gasteiger partial charge in [0.1, 0.15) is 12.6 Å². The second-order valence-corrected chi connectivity index (χ2v) is 11.4. The first-order valence-electron chi connectivity index (χ1n) is 12.8. The van der Waals surface area contributed by atoms with E-state index in [4.69, 9.17) is 0 Å². The quantitative estimate of drug-likeness (QED) is 0.381. The molecule has 3 rings (SSSR count). The zero-order valence-electron chi connectivity index (χ0n) is 22.7. The van der Waals surface area contributed by atoms with Gasteiger partial charge in [0.15, 0.2) is 0 Å². The molecule has 8 heteroatoms. The number of amides is 2. The van der Waals surface area contributed by atoms with Crippen LogP contribution in [0.15, 0.2) is 83.8 Å². The molecule has 0 spiro atoms. The van der Waals surface area contributed by atoms with Gasteiger partial charge < -0.3 is 10.2 Å². The molecule has 0 aliphatic carbocycles. The van der Waals surface area contributed by atoms with E-state index in [1.165, 1.54) is 17.0 Å². The van der Waals surface area contributed by atoms with Crippen molar-refractivity contribution >= 4 is 27.5 Å². The summed E-state index contributed by atoms with van der Waals surface area (Å²) in [6, 6.07) is 21.9.